The smallest absolute Gasteiger partial charge is 0.136 e. The fourth-order valence-corrected chi connectivity index (χ4v) is 3.75. The number of hydrogen-bond donors (Lipinski definition) is 0. The van der Waals surface area contributed by atoms with Crippen molar-refractivity contribution in [3.63, 3.8) is 0 Å². The summed E-state index contributed by atoms with van der Waals surface area (Å²) in [5.41, 5.74) is 0.319. The van der Waals surface area contributed by atoms with E-state index >= 15 is 0 Å². The van der Waals surface area contributed by atoms with Gasteiger partial charge in [-0.3, -0.25) is 9.59 Å². The Labute approximate surface area is 97.8 Å². The normalized spacial score (nSPS) is 43.9. The standard InChI is InChI=1S/C14H22O2/c1-9-12-8-11(10(2)15)4-6-14(12,3)7-5-13(9)16/h9,11-12H,4-8H2,1-3H3/t9-,11+,12-,14+/m0/s1. The number of ketones is 2. The van der Waals surface area contributed by atoms with Crippen molar-refractivity contribution in [1.82, 2.24) is 0 Å². The van der Waals surface area contributed by atoms with Crippen LogP contribution < -0.4 is 0 Å². The predicted octanol–water partition coefficient (Wildman–Crippen LogP) is 3.00. The predicted molar refractivity (Wildman–Crippen MR) is 63.0 cm³/mol. The Morgan fingerprint density at radius 1 is 1.38 bits per heavy atom. The Bertz CT molecular complexity index is 321. The minimum Gasteiger partial charge on any atom is -0.300 e. The molecule has 0 radical (unpaired) electrons. The van der Waals surface area contributed by atoms with Gasteiger partial charge in [-0.1, -0.05) is 13.8 Å². The maximum absolute atomic E-state index is 11.8. The van der Waals surface area contributed by atoms with E-state index in [9.17, 15) is 9.59 Å². The summed E-state index contributed by atoms with van der Waals surface area (Å²) < 4.78 is 0. The Morgan fingerprint density at radius 2 is 2.06 bits per heavy atom. The minimum atomic E-state index is 0.167. The first-order valence-electron chi connectivity index (χ1n) is 6.47. The second-order valence-electron chi connectivity index (χ2n) is 6.10. The third-order valence-electron chi connectivity index (χ3n) is 5.13. The van der Waals surface area contributed by atoms with Gasteiger partial charge in [-0.2, -0.15) is 0 Å². The lowest BCUT2D eigenvalue weighted by Crippen LogP contribution is -2.45. The van der Waals surface area contributed by atoms with Crippen LogP contribution in [0.25, 0.3) is 0 Å². The van der Waals surface area contributed by atoms with Crippen molar-refractivity contribution in [2.45, 2.75) is 52.9 Å². The first-order chi connectivity index (χ1) is 7.44. The van der Waals surface area contributed by atoms with Crippen molar-refractivity contribution in [1.29, 1.82) is 0 Å². The van der Waals surface area contributed by atoms with Gasteiger partial charge in [-0.05, 0) is 43.9 Å². The van der Waals surface area contributed by atoms with E-state index in [4.69, 9.17) is 0 Å². The van der Waals surface area contributed by atoms with Crippen LogP contribution in [0.1, 0.15) is 52.9 Å². The molecule has 0 aromatic rings. The summed E-state index contributed by atoms with van der Waals surface area (Å²) >= 11 is 0. The molecule has 0 heterocycles. The molecule has 2 saturated carbocycles. The molecule has 0 bridgehead atoms. The molecule has 0 aromatic heterocycles. The lowest BCUT2D eigenvalue weighted by Gasteiger charge is -2.49. The molecule has 0 saturated heterocycles. The fraction of sp³-hybridized carbons (Fsp3) is 0.857. The molecule has 0 aliphatic heterocycles. The highest BCUT2D eigenvalue weighted by atomic mass is 16.1. The zero-order valence-electron chi connectivity index (χ0n) is 10.6. The number of rotatable bonds is 1. The molecule has 2 fully saturated rings. The van der Waals surface area contributed by atoms with E-state index < -0.39 is 0 Å². The topological polar surface area (TPSA) is 34.1 Å². The third kappa shape index (κ3) is 1.83. The van der Waals surface area contributed by atoms with Gasteiger partial charge in [-0.15, -0.1) is 0 Å². The molecule has 90 valence electrons. The van der Waals surface area contributed by atoms with E-state index in [-0.39, 0.29) is 11.8 Å². The maximum atomic E-state index is 11.8. The second-order valence-corrected chi connectivity index (χ2v) is 6.10. The van der Waals surface area contributed by atoms with Gasteiger partial charge in [0.05, 0.1) is 0 Å². The summed E-state index contributed by atoms with van der Waals surface area (Å²) in [5.74, 6) is 1.54. The molecule has 2 aliphatic carbocycles. The molecule has 0 unspecified atom stereocenters. The molecular formula is C14H22O2. The summed E-state index contributed by atoms with van der Waals surface area (Å²) in [6.45, 7) is 6.08. The van der Waals surface area contributed by atoms with Crippen LogP contribution in [0.4, 0.5) is 0 Å². The average molecular weight is 222 g/mol. The molecule has 4 atom stereocenters. The monoisotopic (exact) mass is 222 g/mol. The number of hydrogen-bond acceptors (Lipinski definition) is 2. The molecule has 0 spiro atoms. The summed E-state index contributed by atoms with van der Waals surface area (Å²) in [6, 6.07) is 0. The molecule has 16 heavy (non-hydrogen) atoms. The Balaban J connectivity index is 2.18. The number of Topliss-reactive ketones (excluding diaryl/α,β-unsaturated/α-hetero) is 2. The van der Waals surface area contributed by atoms with Gasteiger partial charge in [0.1, 0.15) is 11.6 Å². The van der Waals surface area contributed by atoms with Crippen LogP contribution in [0, 0.1) is 23.2 Å². The lowest BCUT2D eigenvalue weighted by atomic mass is 9.54. The molecule has 0 aromatic carbocycles. The van der Waals surface area contributed by atoms with Crippen LogP contribution >= 0.6 is 0 Å². The van der Waals surface area contributed by atoms with E-state index in [0.717, 1.165) is 32.1 Å². The molecule has 2 nitrogen and oxygen atoms in total. The first-order valence-corrected chi connectivity index (χ1v) is 6.47. The molecular weight excluding hydrogens is 200 g/mol. The second kappa shape index (κ2) is 3.97. The van der Waals surface area contributed by atoms with Gasteiger partial charge in [0.15, 0.2) is 0 Å². The summed E-state index contributed by atoms with van der Waals surface area (Å²) in [4.78, 5) is 23.3. The minimum absolute atomic E-state index is 0.167. The highest BCUT2D eigenvalue weighted by Gasteiger charge is 2.47. The van der Waals surface area contributed by atoms with Crippen LogP contribution in [-0.4, -0.2) is 11.6 Å². The fourth-order valence-electron chi connectivity index (χ4n) is 3.75. The van der Waals surface area contributed by atoms with Gasteiger partial charge in [-0.25, -0.2) is 0 Å². The van der Waals surface area contributed by atoms with E-state index in [0.29, 0.717) is 22.9 Å². The molecule has 0 amide bonds. The number of carbonyl (C=O) groups is 2. The van der Waals surface area contributed by atoms with Crippen LogP contribution in [-0.2, 0) is 9.59 Å². The maximum Gasteiger partial charge on any atom is 0.136 e. The van der Waals surface area contributed by atoms with Gasteiger partial charge < -0.3 is 0 Å². The van der Waals surface area contributed by atoms with Crippen LogP contribution in [0.15, 0.2) is 0 Å². The van der Waals surface area contributed by atoms with E-state index in [2.05, 4.69) is 13.8 Å². The summed E-state index contributed by atoms with van der Waals surface area (Å²) in [5, 5.41) is 0. The molecule has 0 N–H and O–H groups in total. The van der Waals surface area contributed by atoms with Crippen molar-refractivity contribution in [2.24, 2.45) is 23.2 Å². The SMILES string of the molecule is CC(=O)[C@@H]1CC[C@]2(C)CCC(=O)[C@@H](C)[C@@H]2C1. The first kappa shape index (κ1) is 11.8. The summed E-state index contributed by atoms with van der Waals surface area (Å²) in [7, 11) is 0. The number of carbonyl (C=O) groups excluding carboxylic acids is 2. The van der Waals surface area contributed by atoms with E-state index in [1.165, 1.54) is 0 Å². The van der Waals surface area contributed by atoms with Gasteiger partial charge in [0.25, 0.3) is 0 Å². The zero-order valence-corrected chi connectivity index (χ0v) is 10.6. The van der Waals surface area contributed by atoms with Gasteiger partial charge in [0, 0.05) is 18.3 Å². The third-order valence-corrected chi connectivity index (χ3v) is 5.13. The zero-order chi connectivity index (χ0) is 11.9. The Hall–Kier alpha value is -0.660. The highest BCUT2D eigenvalue weighted by Crippen LogP contribution is 2.52. The van der Waals surface area contributed by atoms with Crippen LogP contribution in [0.2, 0.25) is 0 Å². The van der Waals surface area contributed by atoms with Gasteiger partial charge in [0.2, 0.25) is 0 Å². The largest absolute Gasteiger partial charge is 0.300 e. The lowest BCUT2D eigenvalue weighted by molar-refractivity contribution is -0.136. The average Bonchev–Trinajstić information content (AvgIpc) is 2.24. The highest BCUT2D eigenvalue weighted by molar-refractivity contribution is 5.82. The van der Waals surface area contributed by atoms with Crippen molar-refractivity contribution in [3.8, 4) is 0 Å². The van der Waals surface area contributed by atoms with Crippen molar-refractivity contribution in [3.05, 3.63) is 0 Å². The Morgan fingerprint density at radius 3 is 2.69 bits per heavy atom. The van der Waals surface area contributed by atoms with Crippen molar-refractivity contribution < 1.29 is 9.59 Å². The number of fused-ring (bicyclic) bond motifs is 1. The van der Waals surface area contributed by atoms with E-state index in [1.54, 1.807) is 6.92 Å². The molecule has 2 rings (SSSR count). The molecule has 2 heteroatoms. The van der Waals surface area contributed by atoms with Crippen LogP contribution in [0.5, 0.6) is 0 Å². The Kier molecular flexibility index (Phi) is 2.93. The quantitative estimate of drug-likeness (QED) is 0.683. The van der Waals surface area contributed by atoms with Crippen LogP contribution in [0.3, 0.4) is 0 Å². The van der Waals surface area contributed by atoms with E-state index in [1.807, 2.05) is 0 Å². The summed E-state index contributed by atoms with van der Waals surface area (Å²) in [6.07, 6.45) is 4.88. The molecule has 2 aliphatic rings. The van der Waals surface area contributed by atoms with Crippen molar-refractivity contribution in [2.75, 3.05) is 0 Å². The van der Waals surface area contributed by atoms with Crippen molar-refractivity contribution >= 4 is 11.6 Å². The van der Waals surface area contributed by atoms with Gasteiger partial charge >= 0.3 is 0 Å².